The Balaban J connectivity index is 2.56. The van der Waals surface area contributed by atoms with E-state index in [4.69, 9.17) is 32.3 Å². The molecule has 0 saturated carbocycles. The lowest BCUT2D eigenvalue weighted by atomic mass is 9.75. The normalized spacial score (nSPS) is 12.4. The van der Waals surface area contributed by atoms with E-state index in [1.807, 2.05) is 11.3 Å². The van der Waals surface area contributed by atoms with Gasteiger partial charge in [0, 0.05) is 37.9 Å². The summed E-state index contributed by atoms with van der Waals surface area (Å²) in [6.45, 7) is 23.9. The fraction of sp³-hybridized carbons (Fsp3) is 0.467. The lowest BCUT2D eigenvalue weighted by Crippen LogP contribution is -2.18. The Morgan fingerprint density at radius 3 is 1.34 bits per heavy atom. The van der Waals surface area contributed by atoms with Gasteiger partial charge in [-0.1, -0.05) is 76.9 Å². The molecule has 1 heterocycles. The van der Waals surface area contributed by atoms with E-state index in [1.54, 1.807) is 0 Å². The van der Waals surface area contributed by atoms with Gasteiger partial charge in [0.15, 0.2) is 11.5 Å². The van der Waals surface area contributed by atoms with Crippen molar-refractivity contribution in [3.63, 3.8) is 0 Å². The van der Waals surface area contributed by atoms with Crippen LogP contribution in [0.5, 0.6) is 11.5 Å². The third kappa shape index (κ3) is 5.38. The van der Waals surface area contributed by atoms with Crippen LogP contribution >= 0.6 is 35.1 Å². The molecule has 0 unspecified atom stereocenters. The highest BCUT2D eigenvalue weighted by atomic mass is 35.5. The second kappa shape index (κ2) is 10.00. The first-order valence-corrected chi connectivity index (χ1v) is 13.5. The summed E-state index contributed by atoms with van der Waals surface area (Å²) in [5, 5.41) is 0. The standard InChI is InChI=1S/C30H38Cl2O2S/c1-16-12-21(27(33-31)23(14-16)29(6,7)8)26(25-18(3)19(4)35-20(25)5)22-13-17(2)15-24(28(22)34-32)30(9,10)11/h12-15,26H,1-11H3. The second-order valence-corrected chi connectivity index (χ2v) is 13.5. The molecule has 0 bridgehead atoms. The molecule has 0 atom stereocenters. The molecule has 0 aliphatic heterocycles. The van der Waals surface area contributed by atoms with Gasteiger partial charge in [-0.15, -0.1) is 11.3 Å². The first-order chi connectivity index (χ1) is 16.1. The highest BCUT2D eigenvalue weighted by Gasteiger charge is 2.34. The number of aryl methyl sites for hydroxylation is 4. The van der Waals surface area contributed by atoms with Crippen molar-refractivity contribution in [3.8, 4) is 11.5 Å². The maximum absolute atomic E-state index is 6.25. The molecule has 0 saturated heterocycles. The van der Waals surface area contributed by atoms with Gasteiger partial charge in [-0.25, -0.2) is 0 Å². The number of hydrogen-bond acceptors (Lipinski definition) is 3. The van der Waals surface area contributed by atoms with Gasteiger partial charge in [0.05, 0.1) is 0 Å². The van der Waals surface area contributed by atoms with Crippen molar-refractivity contribution in [2.75, 3.05) is 0 Å². The predicted molar refractivity (Wildman–Crippen MR) is 152 cm³/mol. The zero-order valence-electron chi connectivity index (χ0n) is 22.9. The minimum atomic E-state index is -0.163. The molecule has 0 aliphatic rings. The summed E-state index contributed by atoms with van der Waals surface area (Å²) in [6, 6.07) is 8.74. The van der Waals surface area contributed by atoms with Gasteiger partial charge in [-0.05, 0) is 56.6 Å². The maximum Gasteiger partial charge on any atom is 0.154 e. The van der Waals surface area contributed by atoms with Crippen molar-refractivity contribution in [1.29, 1.82) is 0 Å². The molecule has 0 radical (unpaired) electrons. The quantitative estimate of drug-likeness (QED) is 0.325. The van der Waals surface area contributed by atoms with Crippen molar-refractivity contribution >= 4 is 35.1 Å². The van der Waals surface area contributed by atoms with Gasteiger partial charge < -0.3 is 8.58 Å². The largest absolute Gasteiger partial charge is 0.385 e. The van der Waals surface area contributed by atoms with E-state index in [-0.39, 0.29) is 16.7 Å². The van der Waals surface area contributed by atoms with Crippen LogP contribution in [-0.2, 0) is 10.8 Å². The van der Waals surface area contributed by atoms with Crippen molar-refractivity contribution in [3.05, 3.63) is 78.5 Å². The Kier molecular flexibility index (Phi) is 7.97. The third-order valence-electron chi connectivity index (χ3n) is 6.82. The molecule has 1 aromatic heterocycles. The predicted octanol–water partition coefficient (Wildman–Crippen LogP) is 10.1. The van der Waals surface area contributed by atoms with E-state index in [2.05, 4.69) is 100 Å². The Morgan fingerprint density at radius 1 is 0.657 bits per heavy atom. The molecule has 0 spiro atoms. The zero-order valence-corrected chi connectivity index (χ0v) is 25.2. The fourth-order valence-corrected chi connectivity index (χ4v) is 6.48. The minimum absolute atomic E-state index is 0.154. The summed E-state index contributed by atoms with van der Waals surface area (Å²) < 4.78 is 11.3. The molecule has 0 N–H and O–H groups in total. The molecule has 2 nitrogen and oxygen atoms in total. The summed E-state index contributed by atoms with van der Waals surface area (Å²) >= 11 is 14.3. The van der Waals surface area contributed by atoms with Gasteiger partial charge in [0.25, 0.3) is 0 Å². The molecule has 5 heteroatoms. The average Bonchev–Trinajstić information content (AvgIpc) is 2.98. The molecule has 2 aromatic carbocycles. The number of thiophene rings is 1. The van der Waals surface area contributed by atoms with Crippen molar-refractivity contribution in [1.82, 2.24) is 0 Å². The van der Waals surface area contributed by atoms with Gasteiger partial charge in [-0.2, -0.15) is 0 Å². The summed E-state index contributed by atoms with van der Waals surface area (Å²) in [4.78, 5) is 2.57. The molecule has 3 rings (SSSR count). The highest BCUT2D eigenvalue weighted by molar-refractivity contribution is 7.12. The summed E-state index contributed by atoms with van der Waals surface area (Å²) in [7, 11) is 0. The van der Waals surface area contributed by atoms with Crippen LogP contribution in [0.3, 0.4) is 0 Å². The first-order valence-electron chi connectivity index (χ1n) is 12.1. The fourth-order valence-electron chi connectivity index (χ4n) is 5.03. The summed E-state index contributed by atoms with van der Waals surface area (Å²) in [5.74, 6) is 1.25. The number of benzene rings is 2. The number of hydrogen-bond donors (Lipinski definition) is 0. The summed E-state index contributed by atoms with van der Waals surface area (Å²) in [6.07, 6.45) is 0. The van der Waals surface area contributed by atoms with E-state index in [9.17, 15) is 0 Å². The van der Waals surface area contributed by atoms with Crippen LogP contribution in [0.25, 0.3) is 0 Å². The van der Waals surface area contributed by atoms with Crippen LogP contribution < -0.4 is 8.58 Å². The number of halogens is 2. The van der Waals surface area contributed by atoms with E-state index in [0.29, 0.717) is 11.5 Å². The maximum atomic E-state index is 6.25. The van der Waals surface area contributed by atoms with Gasteiger partial charge in [0.2, 0.25) is 0 Å². The van der Waals surface area contributed by atoms with Crippen LogP contribution in [-0.4, -0.2) is 0 Å². The Hall–Kier alpha value is -1.68. The zero-order chi connectivity index (χ0) is 26.5. The lowest BCUT2D eigenvalue weighted by molar-refractivity contribution is 0.522. The smallest absolute Gasteiger partial charge is 0.154 e. The topological polar surface area (TPSA) is 18.5 Å². The van der Waals surface area contributed by atoms with Crippen LogP contribution in [0, 0.1) is 34.6 Å². The van der Waals surface area contributed by atoms with Crippen LogP contribution in [0.15, 0.2) is 24.3 Å². The first kappa shape index (κ1) is 27.9. The molecule has 0 amide bonds. The van der Waals surface area contributed by atoms with Crippen molar-refractivity contribution < 1.29 is 8.58 Å². The van der Waals surface area contributed by atoms with Crippen LogP contribution in [0.4, 0.5) is 0 Å². The number of rotatable bonds is 5. The minimum Gasteiger partial charge on any atom is -0.385 e. The van der Waals surface area contributed by atoms with Crippen LogP contribution in [0.2, 0.25) is 0 Å². The second-order valence-electron chi connectivity index (χ2n) is 11.8. The van der Waals surface area contributed by atoms with Crippen molar-refractivity contribution in [2.24, 2.45) is 0 Å². The van der Waals surface area contributed by atoms with E-state index in [1.165, 1.54) is 20.9 Å². The van der Waals surface area contributed by atoms with Gasteiger partial charge >= 0.3 is 0 Å². The molecule has 0 fully saturated rings. The SMILES string of the molecule is Cc1cc(C(c2cc(C)cc(C(C)(C)C)c2OCl)c2c(C)sc(C)c2C)c(OCl)c(C(C)(C)C)c1. The van der Waals surface area contributed by atoms with Gasteiger partial charge in [0.1, 0.15) is 23.7 Å². The molecule has 190 valence electrons. The van der Waals surface area contributed by atoms with Crippen molar-refractivity contribution in [2.45, 2.75) is 92.9 Å². The van der Waals surface area contributed by atoms with E-state index >= 15 is 0 Å². The molecular formula is C30H38Cl2O2S. The van der Waals surface area contributed by atoms with E-state index in [0.717, 1.165) is 33.4 Å². The van der Waals surface area contributed by atoms with Crippen LogP contribution in [0.1, 0.15) is 102 Å². The average molecular weight is 534 g/mol. The molecular weight excluding hydrogens is 495 g/mol. The molecule has 35 heavy (non-hydrogen) atoms. The van der Waals surface area contributed by atoms with Gasteiger partial charge in [-0.3, -0.25) is 0 Å². The monoisotopic (exact) mass is 532 g/mol. The Bertz CT molecular complexity index is 1170. The molecule has 3 aromatic rings. The Morgan fingerprint density at radius 2 is 1.06 bits per heavy atom. The summed E-state index contributed by atoms with van der Waals surface area (Å²) in [5.41, 5.74) is 8.74. The van der Waals surface area contributed by atoms with E-state index < -0.39 is 0 Å². The Labute approximate surface area is 225 Å². The molecule has 0 aliphatic carbocycles. The third-order valence-corrected chi connectivity index (χ3v) is 8.27. The lowest BCUT2D eigenvalue weighted by Gasteiger charge is -2.30. The highest BCUT2D eigenvalue weighted by Crippen LogP contribution is 2.51.